The second kappa shape index (κ2) is 9.55. The predicted octanol–water partition coefficient (Wildman–Crippen LogP) is 0.802. The summed E-state index contributed by atoms with van der Waals surface area (Å²) in [6.45, 7) is 1.17. The molecular weight excluding hydrogens is 454 g/mol. The highest BCUT2D eigenvalue weighted by Crippen LogP contribution is 2.37. The zero-order chi connectivity index (χ0) is 24.3. The molecule has 0 radical (unpaired) electrons. The molecule has 12 heteroatoms. The van der Waals surface area contributed by atoms with Gasteiger partial charge in [-0.3, -0.25) is 19.3 Å². The zero-order valence-corrected chi connectivity index (χ0v) is 19.0. The highest BCUT2D eigenvalue weighted by molar-refractivity contribution is 7.90. The minimum absolute atomic E-state index is 0.00668. The van der Waals surface area contributed by atoms with Crippen molar-refractivity contribution in [3.05, 3.63) is 47.2 Å². The number of pyridine rings is 1. The average molecular weight is 477 g/mol. The van der Waals surface area contributed by atoms with Crippen LogP contribution in [0.25, 0.3) is 0 Å². The van der Waals surface area contributed by atoms with Crippen LogP contribution in [0, 0.1) is 0 Å². The molecule has 3 amide bonds. The van der Waals surface area contributed by atoms with Crippen LogP contribution in [0.3, 0.4) is 0 Å². The van der Waals surface area contributed by atoms with Gasteiger partial charge in [-0.2, -0.15) is 0 Å². The molecule has 1 atom stereocenters. The molecule has 1 aromatic heterocycles. The molecule has 1 aromatic carbocycles. The summed E-state index contributed by atoms with van der Waals surface area (Å²) < 4.78 is 35.1. The van der Waals surface area contributed by atoms with Crippen molar-refractivity contribution >= 4 is 33.2 Å². The van der Waals surface area contributed by atoms with Gasteiger partial charge < -0.3 is 19.9 Å². The molecule has 0 unspecified atom stereocenters. The summed E-state index contributed by atoms with van der Waals surface area (Å²) >= 11 is 0. The molecule has 3 rings (SSSR count). The van der Waals surface area contributed by atoms with Crippen LogP contribution in [0.2, 0.25) is 0 Å². The van der Waals surface area contributed by atoms with Crippen LogP contribution in [0.5, 0.6) is 11.6 Å². The second-order valence-electron chi connectivity index (χ2n) is 7.20. The standard InChI is InChI=1S/C21H23N3O8S/c1-4-32-19-16(31-2)9-8-13(23-19)15(11-33(3,29)30)24-20(27)12-6-5-7-14(18(12)21(24)28)22-17(26)10-25/h5-9,15,25H,4,10-11H2,1-3H3,(H,22,26)/t15-/m1/s1. The Bertz CT molecular complexity index is 1210. The Kier molecular flexibility index (Phi) is 6.98. The van der Waals surface area contributed by atoms with Crippen molar-refractivity contribution < 1.29 is 37.4 Å². The highest BCUT2D eigenvalue weighted by Gasteiger charge is 2.44. The maximum Gasteiger partial charge on any atom is 0.264 e. The highest BCUT2D eigenvalue weighted by atomic mass is 32.2. The van der Waals surface area contributed by atoms with Gasteiger partial charge in [0.2, 0.25) is 5.91 Å². The summed E-state index contributed by atoms with van der Waals surface area (Å²) in [5.41, 5.74) is 0.0393. The van der Waals surface area contributed by atoms with E-state index in [2.05, 4.69) is 10.3 Å². The third-order valence-electron chi connectivity index (χ3n) is 4.83. The third-order valence-corrected chi connectivity index (χ3v) is 5.75. The van der Waals surface area contributed by atoms with Crippen LogP contribution in [0.1, 0.15) is 39.4 Å². The van der Waals surface area contributed by atoms with E-state index in [1.165, 1.54) is 37.4 Å². The summed E-state index contributed by atoms with van der Waals surface area (Å²) in [6, 6.07) is 5.97. The van der Waals surface area contributed by atoms with E-state index in [-0.39, 0.29) is 35.0 Å². The number of methoxy groups -OCH3 is 1. The number of carbonyl (C=O) groups excluding carboxylic acids is 3. The van der Waals surface area contributed by atoms with Crippen molar-refractivity contribution in [1.29, 1.82) is 0 Å². The number of carbonyl (C=O) groups is 3. The van der Waals surface area contributed by atoms with Crippen molar-refractivity contribution in [2.45, 2.75) is 13.0 Å². The van der Waals surface area contributed by atoms with Crippen molar-refractivity contribution in [3.63, 3.8) is 0 Å². The van der Waals surface area contributed by atoms with E-state index in [1.54, 1.807) is 6.92 Å². The molecule has 1 aliphatic heterocycles. The van der Waals surface area contributed by atoms with Gasteiger partial charge in [0.15, 0.2) is 5.75 Å². The second-order valence-corrected chi connectivity index (χ2v) is 9.38. The SMILES string of the molecule is CCOc1nc([C@@H](CS(C)(=O)=O)N2C(=O)c3cccc(NC(=O)CO)c3C2=O)ccc1OC. The molecule has 2 heterocycles. The van der Waals surface area contributed by atoms with Crippen LogP contribution >= 0.6 is 0 Å². The van der Waals surface area contributed by atoms with E-state index < -0.39 is 46.0 Å². The average Bonchev–Trinajstić information content (AvgIpc) is 3.02. The summed E-state index contributed by atoms with van der Waals surface area (Å²) in [6.07, 6.45) is 0.984. The molecule has 0 bridgehead atoms. The fourth-order valence-corrected chi connectivity index (χ4v) is 4.38. The first-order chi connectivity index (χ1) is 15.6. The minimum atomic E-state index is -3.68. The molecule has 11 nitrogen and oxygen atoms in total. The third kappa shape index (κ3) is 4.96. The van der Waals surface area contributed by atoms with Crippen molar-refractivity contribution in [3.8, 4) is 11.6 Å². The van der Waals surface area contributed by atoms with E-state index in [9.17, 15) is 22.8 Å². The summed E-state index contributed by atoms with van der Waals surface area (Å²) in [4.78, 5) is 43.4. The molecule has 1 aliphatic rings. The van der Waals surface area contributed by atoms with Gasteiger partial charge in [0, 0.05) is 6.26 Å². The zero-order valence-electron chi connectivity index (χ0n) is 18.2. The normalized spacial score (nSPS) is 14.1. The molecule has 176 valence electrons. The Morgan fingerprint density at radius 1 is 1.21 bits per heavy atom. The number of nitrogens with zero attached hydrogens (tertiary/aromatic N) is 2. The van der Waals surface area contributed by atoms with E-state index in [0.717, 1.165) is 11.2 Å². The van der Waals surface area contributed by atoms with Gasteiger partial charge in [-0.25, -0.2) is 13.4 Å². The van der Waals surface area contributed by atoms with Crippen molar-refractivity contribution in [2.24, 2.45) is 0 Å². The molecular formula is C21H23N3O8S. The number of imide groups is 1. The van der Waals surface area contributed by atoms with E-state index >= 15 is 0 Å². The number of aliphatic hydroxyl groups is 1. The molecule has 0 saturated heterocycles. The van der Waals surface area contributed by atoms with Gasteiger partial charge in [0.05, 0.1) is 48.0 Å². The van der Waals surface area contributed by atoms with Crippen molar-refractivity contribution in [1.82, 2.24) is 9.88 Å². The maximum atomic E-state index is 13.3. The number of fused-ring (bicyclic) bond motifs is 1. The first-order valence-electron chi connectivity index (χ1n) is 9.88. The lowest BCUT2D eigenvalue weighted by Crippen LogP contribution is -2.38. The Balaban J connectivity index is 2.12. The molecule has 2 N–H and O–H groups in total. The molecule has 33 heavy (non-hydrogen) atoms. The number of ether oxygens (including phenoxy) is 2. The Labute approximate surface area is 190 Å². The summed E-state index contributed by atoms with van der Waals surface area (Å²) in [5.74, 6) is -2.50. The molecule has 0 aliphatic carbocycles. The number of hydrogen-bond acceptors (Lipinski definition) is 9. The molecule has 0 spiro atoms. The first-order valence-corrected chi connectivity index (χ1v) is 11.9. The Morgan fingerprint density at radius 2 is 1.94 bits per heavy atom. The van der Waals surface area contributed by atoms with E-state index in [1.807, 2.05) is 0 Å². The number of sulfone groups is 1. The Hall–Kier alpha value is -3.51. The number of aliphatic hydroxyl groups excluding tert-OH is 1. The van der Waals surface area contributed by atoms with Crippen LogP contribution in [-0.4, -0.2) is 73.5 Å². The summed E-state index contributed by atoms with van der Waals surface area (Å²) in [7, 11) is -2.26. The van der Waals surface area contributed by atoms with Crippen LogP contribution in [0.15, 0.2) is 30.3 Å². The monoisotopic (exact) mass is 477 g/mol. The molecule has 0 fully saturated rings. The molecule has 2 aromatic rings. The molecule has 0 saturated carbocycles. The van der Waals surface area contributed by atoms with Gasteiger partial charge in [0.25, 0.3) is 17.7 Å². The van der Waals surface area contributed by atoms with Crippen LogP contribution in [-0.2, 0) is 14.6 Å². The lowest BCUT2D eigenvalue weighted by atomic mass is 10.1. The quantitative estimate of drug-likeness (QED) is 0.500. The minimum Gasteiger partial charge on any atom is -0.491 e. The maximum absolute atomic E-state index is 13.3. The fourth-order valence-electron chi connectivity index (χ4n) is 3.48. The van der Waals surface area contributed by atoms with Crippen LogP contribution in [0.4, 0.5) is 5.69 Å². The number of anilines is 1. The topological polar surface area (TPSA) is 152 Å². The largest absolute Gasteiger partial charge is 0.491 e. The number of nitrogens with one attached hydrogen (secondary N) is 1. The lowest BCUT2D eigenvalue weighted by molar-refractivity contribution is -0.118. The van der Waals surface area contributed by atoms with E-state index in [0.29, 0.717) is 5.75 Å². The van der Waals surface area contributed by atoms with Gasteiger partial charge >= 0.3 is 0 Å². The smallest absolute Gasteiger partial charge is 0.264 e. The van der Waals surface area contributed by atoms with Gasteiger partial charge in [0.1, 0.15) is 16.4 Å². The van der Waals surface area contributed by atoms with Gasteiger partial charge in [-0.1, -0.05) is 6.07 Å². The van der Waals surface area contributed by atoms with Crippen molar-refractivity contribution in [2.75, 3.05) is 37.6 Å². The fraction of sp³-hybridized carbons (Fsp3) is 0.333. The lowest BCUT2D eigenvalue weighted by Gasteiger charge is -2.26. The first kappa shape index (κ1) is 24.1. The number of hydrogen-bond donors (Lipinski definition) is 2. The van der Waals surface area contributed by atoms with E-state index in [4.69, 9.17) is 14.6 Å². The summed E-state index contributed by atoms with van der Waals surface area (Å²) in [5, 5.41) is 11.4. The number of amides is 3. The number of rotatable bonds is 9. The van der Waals surface area contributed by atoms with Gasteiger partial charge in [-0.05, 0) is 31.2 Å². The number of benzene rings is 1. The predicted molar refractivity (Wildman–Crippen MR) is 117 cm³/mol. The van der Waals surface area contributed by atoms with Gasteiger partial charge in [-0.15, -0.1) is 0 Å². The number of aromatic nitrogens is 1. The Morgan fingerprint density at radius 3 is 2.55 bits per heavy atom. The van der Waals surface area contributed by atoms with Crippen LogP contribution < -0.4 is 14.8 Å².